The van der Waals surface area contributed by atoms with Crippen LogP contribution in [0.3, 0.4) is 0 Å². The highest BCUT2D eigenvalue weighted by Gasteiger charge is 2.08. The van der Waals surface area contributed by atoms with Crippen molar-refractivity contribution in [2.45, 2.75) is 33.3 Å². The highest BCUT2D eigenvalue weighted by atomic mass is 16.5. The molecule has 2 aromatic carbocycles. The summed E-state index contributed by atoms with van der Waals surface area (Å²) in [6.07, 6.45) is 0.426. The van der Waals surface area contributed by atoms with Crippen molar-refractivity contribution < 1.29 is 9.53 Å². The van der Waals surface area contributed by atoms with E-state index in [1.165, 1.54) is 0 Å². The van der Waals surface area contributed by atoms with E-state index in [2.05, 4.69) is 20.5 Å². The van der Waals surface area contributed by atoms with Gasteiger partial charge in [-0.1, -0.05) is 24.3 Å². The van der Waals surface area contributed by atoms with E-state index >= 15 is 0 Å². The SMILES string of the molecule is Cc1nc(-c2cccc(NC(=O)Cc3ccc(OC(C)C)cc3)c2)n[nH]1. The lowest BCUT2D eigenvalue weighted by atomic mass is 10.1. The molecular formula is C20H22N4O2. The van der Waals surface area contributed by atoms with E-state index in [4.69, 9.17) is 4.74 Å². The first-order valence-electron chi connectivity index (χ1n) is 8.54. The Morgan fingerprint density at radius 2 is 1.96 bits per heavy atom. The molecule has 0 saturated carbocycles. The quantitative estimate of drug-likeness (QED) is 0.709. The number of amides is 1. The van der Waals surface area contributed by atoms with Gasteiger partial charge in [-0.15, -0.1) is 0 Å². The summed E-state index contributed by atoms with van der Waals surface area (Å²) in [5.41, 5.74) is 2.50. The van der Waals surface area contributed by atoms with Crippen molar-refractivity contribution in [3.8, 4) is 17.1 Å². The van der Waals surface area contributed by atoms with Crippen molar-refractivity contribution in [3.63, 3.8) is 0 Å². The number of anilines is 1. The van der Waals surface area contributed by atoms with E-state index < -0.39 is 0 Å². The number of nitrogens with zero attached hydrogens (tertiary/aromatic N) is 2. The molecule has 134 valence electrons. The molecule has 3 rings (SSSR count). The van der Waals surface area contributed by atoms with Crippen LogP contribution in [0, 0.1) is 6.92 Å². The summed E-state index contributed by atoms with van der Waals surface area (Å²) in [7, 11) is 0. The Hall–Kier alpha value is -3.15. The van der Waals surface area contributed by atoms with Crippen molar-refractivity contribution in [1.29, 1.82) is 0 Å². The van der Waals surface area contributed by atoms with E-state index in [1.54, 1.807) is 0 Å². The molecule has 3 aromatic rings. The number of hydrogen-bond donors (Lipinski definition) is 2. The molecule has 26 heavy (non-hydrogen) atoms. The predicted octanol–water partition coefficient (Wildman–Crippen LogP) is 3.75. The zero-order valence-corrected chi connectivity index (χ0v) is 15.1. The van der Waals surface area contributed by atoms with Crippen LogP contribution in [0.15, 0.2) is 48.5 Å². The minimum Gasteiger partial charge on any atom is -0.491 e. The van der Waals surface area contributed by atoms with Gasteiger partial charge in [0.1, 0.15) is 11.6 Å². The van der Waals surface area contributed by atoms with Crippen LogP contribution in [-0.2, 0) is 11.2 Å². The summed E-state index contributed by atoms with van der Waals surface area (Å²) < 4.78 is 5.61. The van der Waals surface area contributed by atoms with Crippen LogP contribution in [0.5, 0.6) is 5.75 Å². The van der Waals surface area contributed by atoms with Crippen molar-refractivity contribution in [1.82, 2.24) is 15.2 Å². The molecule has 1 heterocycles. The second-order valence-electron chi connectivity index (χ2n) is 6.36. The Bertz CT molecular complexity index is 885. The zero-order valence-electron chi connectivity index (χ0n) is 15.1. The first kappa shape index (κ1) is 17.7. The van der Waals surface area contributed by atoms with E-state index in [0.29, 0.717) is 12.2 Å². The van der Waals surface area contributed by atoms with Crippen molar-refractivity contribution in [3.05, 3.63) is 59.9 Å². The maximum atomic E-state index is 12.3. The van der Waals surface area contributed by atoms with Crippen molar-refractivity contribution in [2.75, 3.05) is 5.32 Å². The summed E-state index contributed by atoms with van der Waals surface area (Å²) in [6, 6.07) is 15.1. The van der Waals surface area contributed by atoms with Gasteiger partial charge < -0.3 is 10.1 Å². The van der Waals surface area contributed by atoms with Crippen LogP contribution in [0.25, 0.3) is 11.4 Å². The van der Waals surface area contributed by atoms with Gasteiger partial charge in [0.2, 0.25) is 5.91 Å². The Kier molecular flexibility index (Phi) is 5.31. The molecular weight excluding hydrogens is 328 g/mol. The minimum absolute atomic E-state index is 0.0779. The molecule has 0 spiro atoms. The molecule has 0 saturated heterocycles. The smallest absolute Gasteiger partial charge is 0.228 e. The van der Waals surface area contributed by atoms with Gasteiger partial charge in [-0.2, -0.15) is 5.10 Å². The predicted molar refractivity (Wildman–Crippen MR) is 101 cm³/mol. The average molecular weight is 350 g/mol. The molecule has 1 aromatic heterocycles. The molecule has 0 aliphatic carbocycles. The molecule has 6 heteroatoms. The molecule has 1 amide bonds. The Labute approximate surface area is 152 Å². The van der Waals surface area contributed by atoms with Crippen LogP contribution in [0.1, 0.15) is 25.2 Å². The van der Waals surface area contributed by atoms with Gasteiger partial charge in [0.05, 0.1) is 12.5 Å². The fourth-order valence-electron chi connectivity index (χ4n) is 2.56. The Morgan fingerprint density at radius 1 is 1.19 bits per heavy atom. The molecule has 0 aliphatic rings. The second kappa shape index (κ2) is 7.82. The number of carbonyl (C=O) groups is 1. The number of carbonyl (C=O) groups excluding carboxylic acids is 1. The maximum Gasteiger partial charge on any atom is 0.228 e. The number of hydrogen-bond acceptors (Lipinski definition) is 4. The van der Waals surface area contributed by atoms with Crippen LogP contribution < -0.4 is 10.1 Å². The lowest BCUT2D eigenvalue weighted by molar-refractivity contribution is -0.115. The number of ether oxygens (including phenoxy) is 1. The summed E-state index contributed by atoms with van der Waals surface area (Å²) in [6.45, 7) is 5.81. The van der Waals surface area contributed by atoms with E-state index in [0.717, 1.165) is 28.4 Å². The third kappa shape index (κ3) is 4.69. The van der Waals surface area contributed by atoms with Gasteiger partial charge >= 0.3 is 0 Å². The van der Waals surface area contributed by atoms with Crippen molar-refractivity contribution >= 4 is 11.6 Å². The van der Waals surface area contributed by atoms with Crippen LogP contribution in [0.2, 0.25) is 0 Å². The summed E-state index contributed by atoms with van der Waals surface area (Å²) >= 11 is 0. The number of aromatic amines is 1. The molecule has 2 N–H and O–H groups in total. The summed E-state index contributed by atoms with van der Waals surface area (Å²) in [4.78, 5) is 16.6. The van der Waals surface area contributed by atoms with Gasteiger partial charge in [0, 0.05) is 11.3 Å². The third-order valence-electron chi connectivity index (χ3n) is 3.66. The number of aromatic nitrogens is 3. The zero-order chi connectivity index (χ0) is 18.5. The summed E-state index contributed by atoms with van der Waals surface area (Å²) in [5.74, 6) is 2.09. The highest BCUT2D eigenvalue weighted by molar-refractivity contribution is 5.92. The average Bonchev–Trinajstić information content (AvgIpc) is 3.03. The number of nitrogens with one attached hydrogen (secondary N) is 2. The largest absolute Gasteiger partial charge is 0.491 e. The van der Waals surface area contributed by atoms with E-state index in [1.807, 2.05) is 69.3 Å². The fourth-order valence-corrected chi connectivity index (χ4v) is 2.56. The summed E-state index contributed by atoms with van der Waals surface area (Å²) in [5, 5.41) is 9.88. The molecule has 0 fully saturated rings. The first-order valence-corrected chi connectivity index (χ1v) is 8.54. The first-order chi connectivity index (χ1) is 12.5. The van der Waals surface area contributed by atoms with Gasteiger partial charge in [0.15, 0.2) is 5.82 Å². The normalized spacial score (nSPS) is 10.8. The Morgan fingerprint density at radius 3 is 2.62 bits per heavy atom. The lowest BCUT2D eigenvalue weighted by Crippen LogP contribution is -2.14. The number of rotatable bonds is 6. The molecule has 0 aliphatic heterocycles. The second-order valence-corrected chi connectivity index (χ2v) is 6.36. The van der Waals surface area contributed by atoms with E-state index in [-0.39, 0.29) is 12.0 Å². The fraction of sp³-hybridized carbons (Fsp3) is 0.250. The monoisotopic (exact) mass is 350 g/mol. The molecule has 0 bridgehead atoms. The number of benzene rings is 2. The topological polar surface area (TPSA) is 79.9 Å². The highest BCUT2D eigenvalue weighted by Crippen LogP contribution is 2.20. The molecule has 0 unspecified atom stereocenters. The van der Waals surface area contributed by atoms with Crippen LogP contribution >= 0.6 is 0 Å². The Balaban J connectivity index is 1.63. The third-order valence-corrected chi connectivity index (χ3v) is 3.66. The van der Waals surface area contributed by atoms with E-state index in [9.17, 15) is 4.79 Å². The van der Waals surface area contributed by atoms with Gasteiger partial charge in [-0.25, -0.2) is 4.98 Å². The van der Waals surface area contributed by atoms with Crippen LogP contribution in [0.4, 0.5) is 5.69 Å². The lowest BCUT2D eigenvalue weighted by Gasteiger charge is -2.10. The molecule has 0 radical (unpaired) electrons. The molecule has 0 atom stereocenters. The standard InChI is InChI=1S/C20H22N4O2/c1-13(2)26-18-9-7-15(8-10-18)11-19(25)22-17-6-4-5-16(12-17)20-21-14(3)23-24-20/h4-10,12-13H,11H2,1-3H3,(H,22,25)(H,21,23,24). The van der Waals surface area contributed by atoms with Gasteiger partial charge in [0.25, 0.3) is 0 Å². The van der Waals surface area contributed by atoms with Crippen molar-refractivity contribution in [2.24, 2.45) is 0 Å². The molecule has 6 nitrogen and oxygen atoms in total. The van der Waals surface area contributed by atoms with Gasteiger partial charge in [-0.05, 0) is 50.6 Å². The van der Waals surface area contributed by atoms with Crippen LogP contribution in [-0.4, -0.2) is 27.2 Å². The maximum absolute atomic E-state index is 12.3. The number of H-pyrrole nitrogens is 1. The van der Waals surface area contributed by atoms with Gasteiger partial charge in [-0.3, -0.25) is 9.89 Å². The number of aryl methyl sites for hydroxylation is 1. The minimum atomic E-state index is -0.0779.